The second kappa shape index (κ2) is 5.18. The van der Waals surface area contributed by atoms with Gasteiger partial charge in [0.25, 0.3) is 0 Å². The zero-order valence-electron chi connectivity index (χ0n) is 13.8. The van der Waals surface area contributed by atoms with E-state index in [1.807, 2.05) is 12.1 Å². The lowest BCUT2D eigenvalue weighted by molar-refractivity contribution is -0.141. The maximum absolute atomic E-state index is 12.6. The molecule has 0 spiro atoms. The summed E-state index contributed by atoms with van der Waals surface area (Å²) in [5.74, 6) is -0.560. The Balaban J connectivity index is 1.99. The van der Waals surface area contributed by atoms with Gasteiger partial charge in [0.2, 0.25) is 0 Å². The number of benzene rings is 4. The van der Waals surface area contributed by atoms with Crippen LogP contribution < -0.4 is 0 Å². The third-order valence-corrected chi connectivity index (χ3v) is 5.23. The third kappa shape index (κ3) is 1.88. The van der Waals surface area contributed by atoms with Crippen LogP contribution in [0.4, 0.5) is 0 Å². The van der Waals surface area contributed by atoms with Crippen molar-refractivity contribution in [1.29, 1.82) is 0 Å². The molecule has 0 fully saturated rings. The standard InChI is InChI=1S/C23H16O2/c1-25-23(24)22-18-12-10-14-6-2-4-8-16(14)20(18)21-17-9-5-3-7-15(17)11-13-19(21)22/h2-13,22H,1H3. The summed E-state index contributed by atoms with van der Waals surface area (Å²) in [6.07, 6.45) is 0. The fourth-order valence-corrected chi connectivity index (χ4v) is 4.16. The van der Waals surface area contributed by atoms with Crippen LogP contribution in [0.5, 0.6) is 0 Å². The van der Waals surface area contributed by atoms with Gasteiger partial charge in [0.1, 0.15) is 5.92 Å². The van der Waals surface area contributed by atoms with E-state index in [4.69, 9.17) is 4.74 Å². The van der Waals surface area contributed by atoms with E-state index >= 15 is 0 Å². The molecule has 0 bridgehead atoms. The molecule has 0 radical (unpaired) electrons. The van der Waals surface area contributed by atoms with Gasteiger partial charge in [-0.15, -0.1) is 0 Å². The van der Waals surface area contributed by atoms with E-state index in [1.165, 1.54) is 39.8 Å². The number of methoxy groups -OCH3 is 1. The van der Waals surface area contributed by atoms with E-state index in [-0.39, 0.29) is 11.9 Å². The molecule has 4 aromatic rings. The van der Waals surface area contributed by atoms with Gasteiger partial charge in [-0.3, -0.25) is 4.79 Å². The Morgan fingerprint density at radius 2 is 1.20 bits per heavy atom. The summed E-state index contributed by atoms with van der Waals surface area (Å²) < 4.78 is 5.13. The Hall–Kier alpha value is -3.13. The predicted octanol–water partition coefficient (Wildman–Crippen LogP) is 5.28. The molecule has 0 aliphatic heterocycles. The molecule has 0 atom stereocenters. The topological polar surface area (TPSA) is 26.3 Å². The van der Waals surface area contributed by atoms with Crippen molar-refractivity contribution in [3.63, 3.8) is 0 Å². The highest BCUT2D eigenvalue weighted by Gasteiger charge is 2.36. The van der Waals surface area contributed by atoms with Crippen LogP contribution in [0.25, 0.3) is 32.7 Å². The SMILES string of the molecule is COC(=O)C1c2ccc3ccccc3c2-c2c1ccc1ccccc21. The van der Waals surface area contributed by atoms with Gasteiger partial charge in [-0.25, -0.2) is 0 Å². The average Bonchev–Trinajstić information content (AvgIpc) is 3.02. The molecule has 1 aliphatic carbocycles. The van der Waals surface area contributed by atoms with Crippen molar-refractivity contribution in [2.45, 2.75) is 5.92 Å². The van der Waals surface area contributed by atoms with Crippen LogP contribution in [0.1, 0.15) is 17.0 Å². The first kappa shape index (κ1) is 14.2. The van der Waals surface area contributed by atoms with Crippen LogP contribution in [-0.4, -0.2) is 13.1 Å². The minimum absolute atomic E-state index is 0.203. The Labute approximate surface area is 145 Å². The Morgan fingerprint density at radius 3 is 1.68 bits per heavy atom. The highest BCUT2D eigenvalue weighted by Crippen LogP contribution is 2.51. The largest absolute Gasteiger partial charge is 0.468 e. The van der Waals surface area contributed by atoms with Gasteiger partial charge in [0, 0.05) is 0 Å². The normalized spacial score (nSPS) is 13.0. The second-order valence-corrected chi connectivity index (χ2v) is 6.46. The van der Waals surface area contributed by atoms with Crippen LogP contribution >= 0.6 is 0 Å². The van der Waals surface area contributed by atoms with Crippen LogP contribution in [0.2, 0.25) is 0 Å². The first-order chi connectivity index (χ1) is 12.3. The summed E-state index contributed by atoms with van der Waals surface area (Å²) in [6, 6.07) is 25.1. The second-order valence-electron chi connectivity index (χ2n) is 6.46. The van der Waals surface area contributed by atoms with Crippen molar-refractivity contribution >= 4 is 27.5 Å². The van der Waals surface area contributed by atoms with Crippen LogP contribution in [0.3, 0.4) is 0 Å². The van der Waals surface area contributed by atoms with Gasteiger partial charge in [-0.2, -0.15) is 0 Å². The molecular weight excluding hydrogens is 308 g/mol. The van der Waals surface area contributed by atoms with E-state index in [2.05, 4.69) is 60.7 Å². The summed E-state index contributed by atoms with van der Waals surface area (Å²) in [5.41, 5.74) is 4.41. The van der Waals surface area contributed by atoms with E-state index in [0.29, 0.717) is 0 Å². The molecule has 0 N–H and O–H groups in total. The number of hydrogen-bond acceptors (Lipinski definition) is 2. The van der Waals surface area contributed by atoms with E-state index in [9.17, 15) is 4.79 Å². The van der Waals surface area contributed by atoms with Gasteiger partial charge in [0.05, 0.1) is 7.11 Å². The van der Waals surface area contributed by atoms with Crippen molar-refractivity contribution in [2.75, 3.05) is 7.11 Å². The highest BCUT2D eigenvalue weighted by atomic mass is 16.5. The summed E-state index contributed by atoms with van der Waals surface area (Å²) in [4.78, 5) is 12.6. The molecule has 25 heavy (non-hydrogen) atoms. The summed E-state index contributed by atoms with van der Waals surface area (Å²) in [7, 11) is 1.46. The highest BCUT2D eigenvalue weighted by molar-refractivity contribution is 6.13. The van der Waals surface area contributed by atoms with Gasteiger partial charge in [-0.05, 0) is 43.8 Å². The Kier molecular flexibility index (Phi) is 2.95. The summed E-state index contributed by atoms with van der Waals surface area (Å²) >= 11 is 0. The zero-order chi connectivity index (χ0) is 17.0. The molecule has 5 rings (SSSR count). The number of carbonyl (C=O) groups excluding carboxylic acids is 1. The lowest BCUT2D eigenvalue weighted by Crippen LogP contribution is -2.13. The lowest BCUT2D eigenvalue weighted by atomic mass is 9.94. The molecule has 0 amide bonds. The Bertz CT molecular complexity index is 1070. The minimum Gasteiger partial charge on any atom is -0.468 e. The van der Waals surface area contributed by atoms with E-state index < -0.39 is 0 Å². The number of ether oxygens (including phenoxy) is 1. The maximum atomic E-state index is 12.6. The number of carbonyl (C=O) groups is 1. The molecule has 0 saturated carbocycles. The summed E-state index contributed by atoms with van der Waals surface area (Å²) in [6.45, 7) is 0. The van der Waals surface area contributed by atoms with Crippen molar-refractivity contribution in [2.24, 2.45) is 0 Å². The van der Waals surface area contributed by atoms with E-state index in [0.717, 1.165) is 11.1 Å². The van der Waals surface area contributed by atoms with Gasteiger partial charge in [-0.1, -0.05) is 72.8 Å². The molecule has 0 saturated heterocycles. The number of esters is 1. The van der Waals surface area contributed by atoms with Crippen molar-refractivity contribution in [3.05, 3.63) is 83.9 Å². The summed E-state index contributed by atoms with van der Waals surface area (Å²) in [5, 5.41) is 4.74. The molecule has 120 valence electrons. The third-order valence-electron chi connectivity index (χ3n) is 5.23. The van der Waals surface area contributed by atoms with E-state index in [1.54, 1.807) is 0 Å². The van der Waals surface area contributed by atoms with Gasteiger partial charge < -0.3 is 4.74 Å². The zero-order valence-corrected chi connectivity index (χ0v) is 13.8. The average molecular weight is 324 g/mol. The molecule has 2 nitrogen and oxygen atoms in total. The molecule has 2 heteroatoms. The van der Waals surface area contributed by atoms with Crippen molar-refractivity contribution < 1.29 is 9.53 Å². The number of hydrogen-bond donors (Lipinski definition) is 0. The monoisotopic (exact) mass is 324 g/mol. The first-order valence-electron chi connectivity index (χ1n) is 8.41. The van der Waals surface area contributed by atoms with Gasteiger partial charge in [0.15, 0.2) is 0 Å². The fraction of sp³-hybridized carbons (Fsp3) is 0.0870. The molecular formula is C23H16O2. The minimum atomic E-state index is -0.357. The van der Waals surface area contributed by atoms with Crippen LogP contribution in [-0.2, 0) is 9.53 Å². The molecule has 0 heterocycles. The number of fused-ring (bicyclic) bond motifs is 7. The first-order valence-corrected chi connectivity index (χ1v) is 8.41. The van der Waals surface area contributed by atoms with Gasteiger partial charge >= 0.3 is 5.97 Å². The number of rotatable bonds is 1. The van der Waals surface area contributed by atoms with Crippen LogP contribution in [0.15, 0.2) is 72.8 Å². The maximum Gasteiger partial charge on any atom is 0.317 e. The predicted molar refractivity (Wildman–Crippen MR) is 101 cm³/mol. The molecule has 4 aromatic carbocycles. The molecule has 0 aromatic heterocycles. The molecule has 0 unspecified atom stereocenters. The Morgan fingerprint density at radius 1 is 0.720 bits per heavy atom. The lowest BCUT2D eigenvalue weighted by Gasteiger charge is -2.11. The molecule has 1 aliphatic rings. The van der Waals surface area contributed by atoms with Crippen molar-refractivity contribution in [1.82, 2.24) is 0 Å². The smallest absolute Gasteiger partial charge is 0.317 e. The fourth-order valence-electron chi connectivity index (χ4n) is 4.16. The van der Waals surface area contributed by atoms with Crippen LogP contribution in [0, 0.1) is 0 Å². The quantitative estimate of drug-likeness (QED) is 0.445. The van der Waals surface area contributed by atoms with Crippen molar-refractivity contribution in [3.8, 4) is 11.1 Å².